The van der Waals surface area contributed by atoms with Crippen molar-refractivity contribution in [2.75, 3.05) is 0 Å². The quantitative estimate of drug-likeness (QED) is 0.456. The number of hydrogen-bond acceptors (Lipinski definition) is 3. The van der Waals surface area contributed by atoms with E-state index in [0.717, 1.165) is 18.2 Å². The molecule has 0 heterocycles. The predicted molar refractivity (Wildman–Crippen MR) is 63.0 cm³/mol. The maximum absolute atomic E-state index is 11.9. The topological polar surface area (TPSA) is 51.2 Å². The van der Waals surface area contributed by atoms with Crippen molar-refractivity contribution < 1.29 is 14.4 Å². The number of halogens is 1. The molecule has 0 bridgehead atoms. The van der Waals surface area contributed by atoms with Gasteiger partial charge in [0.05, 0.1) is 5.57 Å². The van der Waals surface area contributed by atoms with Gasteiger partial charge in [0.1, 0.15) is 0 Å². The molecule has 0 spiro atoms. The summed E-state index contributed by atoms with van der Waals surface area (Å²) in [6.07, 6.45) is 3.30. The fourth-order valence-electron chi connectivity index (χ4n) is 1.44. The summed E-state index contributed by atoms with van der Waals surface area (Å²) in [5.41, 5.74) is 0.219. The molecule has 0 N–H and O–H groups in total. The molecule has 17 heavy (non-hydrogen) atoms. The molecule has 0 atom stereocenters. The second kappa shape index (κ2) is 4.47. The number of ketones is 3. The molecular weight excluding hydrogens is 240 g/mol. The molecule has 1 aromatic rings. The maximum Gasteiger partial charge on any atom is 0.197 e. The highest BCUT2D eigenvalue weighted by atomic mass is 35.5. The Kier molecular flexibility index (Phi) is 3.02. The van der Waals surface area contributed by atoms with Gasteiger partial charge in [0.2, 0.25) is 0 Å². The van der Waals surface area contributed by atoms with E-state index >= 15 is 0 Å². The van der Waals surface area contributed by atoms with Crippen LogP contribution in [0.4, 0.5) is 0 Å². The summed E-state index contributed by atoms with van der Waals surface area (Å²) in [6, 6.07) is 6.14. The molecule has 1 aliphatic carbocycles. The molecule has 3 nitrogen and oxygen atoms in total. The van der Waals surface area contributed by atoms with Crippen LogP contribution in [0.1, 0.15) is 10.4 Å². The van der Waals surface area contributed by atoms with Crippen molar-refractivity contribution in [1.82, 2.24) is 0 Å². The van der Waals surface area contributed by atoms with Crippen molar-refractivity contribution in [2.45, 2.75) is 0 Å². The van der Waals surface area contributed by atoms with Crippen molar-refractivity contribution in [3.63, 3.8) is 0 Å². The van der Waals surface area contributed by atoms with Gasteiger partial charge in [-0.3, -0.25) is 14.4 Å². The van der Waals surface area contributed by atoms with E-state index in [0.29, 0.717) is 10.6 Å². The van der Waals surface area contributed by atoms with Crippen molar-refractivity contribution in [2.24, 2.45) is 0 Å². The molecule has 0 aromatic heterocycles. The largest absolute Gasteiger partial charge is 0.290 e. The third kappa shape index (κ3) is 2.40. The standard InChI is InChI=1S/C13H7ClO3/c14-9-3-1-8(2-4-9)13(17)11-7-10(15)5-6-12(11)16/h1-7H. The Hall–Kier alpha value is -2.00. The SMILES string of the molecule is O=C1C=CC(=O)C(C(=O)c2ccc(Cl)cc2)=C1. The first-order chi connectivity index (χ1) is 8.08. The lowest BCUT2D eigenvalue weighted by Gasteiger charge is -2.05. The van der Waals surface area contributed by atoms with Gasteiger partial charge in [0, 0.05) is 16.7 Å². The van der Waals surface area contributed by atoms with Gasteiger partial charge < -0.3 is 0 Å². The Morgan fingerprint density at radius 2 is 1.65 bits per heavy atom. The summed E-state index contributed by atoms with van der Waals surface area (Å²) < 4.78 is 0. The fourth-order valence-corrected chi connectivity index (χ4v) is 1.57. The van der Waals surface area contributed by atoms with Crippen LogP contribution in [-0.4, -0.2) is 17.3 Å². The minimum atomic E-state index is -0.468. The average Bonchev–Trinajstić information content (AvgIpc) is 2.32. The third-order valence-electron chi connectivity index (χ3n) is 2.30. The Bertz CT molecular complexity index is 565. The van der Waals surface area contributed by atoms with Crippen LogP contribution in [0.5, 0.6) is 0 Å². The second-order valence-corrected chi connectivity index (χ2v) is 3.93. The predicted octanol–water partition coefficient (Wildman–Crippen LogP) is 2.16. The minimum Gasteiger partial charge on any atom is -0.290 e. The Balaban J connectivity index is 2.35. The molecule has 0 unspecified atom stereocenters. The monoisotopic (exact) mass is 246 g/mol. The average molecular weight is 247 g/mol. The Morgan fingerprint density at radius 3 is 2.29 bits per heavy atom. The van der Waals surface area contributed by atoms with Gasteiger partial charge in [-0.05, 0) is 36.4 Å². The smallest absolute Gasteiger partial charge is 0.197 e. The zero-order valence-electron chi connectivity index (χ0n) is 8.64. The molecule has 0 saturated heterocycles. The normalized spacial score (nSPS) is 14.8. The van der Waals surface area contributed by atoms with Gasteiger partial charge in [-0.15, -0.1) is 0 Å². The van der Waals surface area contributed by atoms with E-state index in [9.17, 15) is 14.4 Å². The molecule has 84 valence electrons. The second-order valence-electron chi connectivity index (χ2n) is 3.49. The maximum atomic E-state index is 11.9. The summed E-state index contributed by atoms with van der Waals surface area (Å²) in [5.74, 6) is -1.28. The number of benzene rings is 1. The number of carbonyl (C=O) groups excluding carboxylic acids is 3. The summed E-state index contributed by atoms with van der Waals surface area (Å²) in [4.78, 5) is 34.5. The highest BCUT2D eigenvalue weighted by Crippen LogP contribution is 2.16. The first-order valence-electron chi connectivity index (χ1n) is 4.86. The molecule has 1 aromatic carbocycles. The fraction of sp³-hybridized carbons (Fsp3) is 0. The molecule has 2 rings (SSSR count). The minimum absolute atomic E-state index is 0.111. The highest BCUT2D eigenvalue weighted by Gasteiger charge is 2.21. The van der Waals surface area contributed by atoms with E-state index in [1.54, 1.807) is 12.1 Å². The van der Waals surface area contributed by atoms with Crippen molar-refractivity contribution in [3.05, 3.63) is 58.7 Å². The molecule has 1 aliphatic rings. The molecular formula is C13H7ClO3. The summed E-state index contributed by atoms with van der Waals surface area (Å²) >= 11 is 5.70. The first-order valence-corrected chi connectivity index (χ1v) is 5.24. The van der Waals surface area contributed by atoms with Gasteiger partial charge in [-0.1, -0.05) is 11.6 Å². The summed E-state index contributed by atoms with van der Waals surface area (Å²) in [5, 5.41) is 0.501. The molecule has 0 amide bonds. The number of carbonyl (C=O) groups is 3. The Labute approximate surface area is 102 Å². The van der Waals surface area contributed by atoms with Gasteiger partial charge in [-0.25, -0.2) is 0 Å². The van der Waals surface area contributed by atoms with Crippen LogP contribution in [0.3, 0.4) is 0 Å². The number of allylic oxidation sites excluding steroid dienone is 4. The van der Waals surface area contributed by atoms with E-state index in [-0.39, 0.29) is 11.4 Å². The third-order valence-corrected chi connectivity index (χ3v) is 2.55. The molecule has 4 heteroatoms. The molecule has 0 aliphatic heterocycles. The van der Waals surface area contributed by atoms with Crippen LogP contribution >= 0.6 is 11.6 Å². The first kappa shape index (κ1) is 11.5. The molecule has 0 radical (unpaired) electrons. The molecule has 0 fully saturated rings. The van der Waals surface area contributed by atoms with E-state index in [1.807, 2.05) is 0 Å². The van der Waals surface area contributed by atoms with Crippen molar-refractivity contribution >= 4 is 29.0 Å². The zero-order valence-corrected chi connectivity index (χ0v) is 9.40. The van der Waals surface area contributed by atoms with Gasteiger partial charge in [0.15, 0.2) is 17.3 Å². The number of rotatable bonds is 2. The zero-order chi connectivity index (χ0) is 12.4. The van der Waals surface area contributed by atoms with Gasteiger partial charge >= 0.3 is 0 Å². The van der Waals surface area contributed by atoms with E-state index in [2.05, 4.69) is 0 Å². The van der Waals surface area contributed by atoms with Crippen molar-refractivity contribution in [3.8, 4) is 0 Å². The van der Waals surface area contributed by atoms with Gasteiger partial charge in [0.25, 0.3) is 0 Å². The summed E-state index contributed by atoms with van der Waals surface area (Å²) in [7, 11) is 0. The van der Waals surface area contributed by atoms with E-state index in [4.69, 9.17) is 11.6 Å². The number of hydrogen-bond donors (Lipinski definition) is 0. The van der Waals surface area contributed by atoms with E-state index < -0.39 is 11.6 Å². The lowest BCUT2D eigenvalue weighted by atomic mass is 9.95. The highest BCUT2D eigenvalue weighted by molar-refractivity contribution is 6.34. The lowest BCUT2D eigenvalue weighted by Crippen LogP contribution is -2.16. The van der Waals surface area contributed by atoms with Gasteiger partial charge in [-0.2, -0.15) is 0 Å². The Morgan fingerprint density at radius 1 is 1.00 bits per heavy atom. The lowest BCUT2D eigenvalue weighted by molar-refractivity contribution is -0.114. The van der Waals surface area contributed by atoms with Crippen LogP contribution < -0.4 is 0 Å². The molecule has 0 saturated carbocycles. The van der Waals surface area contributed by atoms with Crippen LogP contribution in [0, 0.1) is 0 Å². The van der Waals surface area contributed by atoms with Crippen LogP contribution in [0.2, 0.25) is 5.02 Å². The summed E-state index contributed by atoms with van der Waals surface area (Å²) in [6.45, 7) is 0. The van der Waals surface area contributed by atoms with Crippen molar-refractivity contribution in [1.29, 1.82) is 0 Å². The van der Waals surface area contributed by atoms with E-state index in [1.165, 1.54) is 12.1 Å². The van der Waals surface area contributed by atoms with Crippen LogP contribution in [0.15, 0.2) is 48.1 Å². The van der Waals surface area contributed by atoms with Crippen LogP contribution in [0.25, 0.3) is 0 Å². The van der Waals surface area contributed by atoms with Crippen LogP contribution in [-0.2, 0) is 9.59 Å². The number of Topliss-reactive ketones (excluding diaryl/α,β-unsaturated/α-hetero) is 1.